The smallest absolute Gasteiger partial charge is 0.237 e. The van der Waals surface area contributed by atoms with Crippen molar-refractivity contribution in [3.63, 3.8) is 0 Å². The van der Waals surface area contributed by atoms with Crippen molar-refractivity contribution in [2.45, 2.75) is 63.9 Å². The van der Waals surface area contributed by atoms with E-state index < -0.39 is 5.25 Å². The first kappa shape index (κ1) is 28.4. The third kappa shape index (κ3) is 6.00. The summed E-state index contributed by atoms with van der Waals surface area (Å²) < 4.78 is 14.8. The lowest BCUT2D eigenvalue weighted by Crippen LogP contribution is -2.25. The third-order valence-corrected chi connectivity index (χ3v) is 8.29. The van der Waals surface area contributed by atoms with Crippen LogP contribution in [0.25, 0.3) is 16.6 Å². The van der Waals surface area contributed by atoms with Gasteiger partial charge in [-0.2, -0.15) is 9.61 Å². The van der Waals surface area contributed by atoms with E-state index in [-0.39, 0.29) is 5.91 Å². The van der Waals surface area contributed by atoms with Gasteiger partial charge in [0, 0.05) is 35.8 Å². The number of carbonyl (C=O) groups is 1. The number of hydrogen-bond acceptors (Lipinski definition) is 8. The molecule has 41 heavy (non-hydrogen) atoms. The number of fused-ring (bicyclic) bond motifs is 3. The lowest BCUT2D eigenvalue weighted by molar-refractivity contribution is -0.115. The normalized spacial score (nSPS) is 12.1. The Labute approximate surface area is 243 Å². The van der Waals surface area contributed by atoms with Crippen LogP contribution in [-0.4, -0.2) is 54.7 Å². The molecule has 5 rings (SSSR count). The first-order valence-corrected chi connectivity index (χ1v) is 14.6. The highest BCUT2D eigenvalue weighted by Gasteiger charge is 2.24. The minimum atomic E-state index is -0.392. The minimum absolute atomic E-state index is 0.0889. The van der Waals surface area contributed by atoms with Crippen molar-refractivity contribution in [1.29, 1.82) is 0 Å². The van der Waals surface area contributed by atoms with Crippen LogP contribution in [0.15, 0.2) is 47.6 Å². The van der Waals surface area contributed by atoms with Gasteiger partial charge in [0.1, 0.15) is 0 Å². The molecule has 0 saturated heterocycles. The number of anilines is 1. The van der Waals surface area contributed by atoms with E-state index in [4.69, 9.17) is 24.5 Å². The molecule has 10 nitrogen and oxygen atoms in total. The topological polar surface area (TPSA) is 108 Å². The largest absolute Gasteiger partial charge is 0.493 e. The van der Waals surface area contributed by atoms with Gasteiger partial charge in [0.05, 0.1) is 30.7 Å². The van der Waals surface area contributed by atoms with Crippen LogP contribution in [0.4, 0.5) is 5.69 Å². The molecular formula is C30H35N7O3S. The summed E-state index contributed by atoms with van der Waals surface area (Å²) in [6.45, 7) is 8.77. The van der Waals surface area contributed by atoms with Gasteiger partial charge in [-0.05, 0) is 56.5 Å². The zero-order valence-electron chi connectivity index (χ0n) is 24.3. The quantitative estimate of drug-likeness (QED) is 0.165. The van der Waals surface area contributed by atoms with Crippen LogP contribution >= 0.6 is 11.8 Å². The fraction of sp³-hybridized carbons (Fsp3) is 0.367. The maximum Gasteiger partial charge on any atom is 0.237 e. The first-order valence-electron chi connectivity index (χ1n) is 13.7. The zero-order chi connectivity index (χ0) is 29.1. The number of methoxy groups -OCH3 is 2. The molecule has 0 spiro atoms. The van der Waals surface area contributed by atoms with Crippen molar-refractivity contribution in [3.8, 4) is 11.5 Å². The molecule has 0 unspecified atom stereocenters. The predicted octanol–water partition coefficient (Wildman–Crippen LogP) is 5.42. The molecule has 0 saturated carbocycles. The van der Waals surface area contributed by atoms with E-state index in [1.165, 1.54) is 17.3 Å². The van der Waals surface area contributed by atoms with Gasteiger partial charge in [-0.15, -0.1) is 5.10 Å². The van der Waals surface area contributed by atoms with Crippen molar-refractivity contribution in [2.24, 2.45) is 0 Å². The second-order valence-electron chi connectivity index (χ2n) is 9.84. The van der Waals surface area contributed by atoms with Crippen LogP contribution < -0.4 is 14.8 Å². The van der Waals surface area contributed by atoms with Crippen LogP contribution in [0.5, 0.6) is 11.5 Å². The van der Waals surface area contributed by atoms with E-state index in [9.17, 15) is 4.79 Å². The number of benzene rings is 2. The second-order valence-corrected chi connectivity index (χ2v) is 11.0. The summed E-state index contributed by atoms with van der Waals surface area (Å²) in [6.07, 6.45) is 2.15. The lowest BCUT2D eigenvalue weighted by Gasteiger charge is -2.16. The van der Waals surface area contributed by atoms with Gasteiger partial charge in [-0.3, -0.25) is 9.48 Å². The molecule has 11 heteroatoms. The Balaban J connectivity index is 1.51. The van der Waals surface area contributed by atoms with E-state index in [1.54, 1.807) is 18.7 Å². The van der Waals surface area contributed by atoms with Gasteiger partial charge in [0.25, 0.3) is 0 Å². The number of carbonyl (C=O) groups excluding carboxylic acids is 1. The first-order chi connectivity index (χ1) is 19.8. The molecule has 5 aromatic rings. The lowest BCUT2D eigenvalue weighted by atomic mass is 10.1. The summed E-state index contributed by atoms with van der Waals surface area (Å²) in [5.41, 5.74) is 5.39. The van der Waals surface area contributed by atoms with Gasteiger partial charge in [-0.1, -0.05) is 37.7 Å². The Hall–Kier alpha value is -4.12. The van der Waals surface area contributed by atoms with Gasteiger partial charge >= 0.3 is 0 Å². The molecule has 3 aromatic heterocycles. The zero-order valence-corrected chi connectivity index (χ0v) is 25.1. The summed E-state index contributed by atoms with van der Waals surface area (Å²) in [4.78, 5) is 23.2. The Morgan fingerprint density at radius 2 is 1.73 bits per heavy atom. The van der Waals surface area contributed by atoms with Crippen LogP contribution in [0, 0.1) is 13.8 Å². The van der Waals surface area contributed by atoms with E-state index >= 15 is 0 Å². The number of hydrogen-bond donors (Lipinski definition) is 1. The number of rotatable bonds is 11. The molecule has 0 fully saturated rings. The SMILES string of the molecule is CCc1ccc(NC(=O)[C@H](CC)Sc2nc3cc(OC)c(OC)cc3c3nc(CCn4nc(C)cc4C)nn23)cc1. The van der Waals surface area contributed by atoms with Gasteiger partial charge < -0.3 is 14.8 Å². The van der Waals surface area contributed by atoms with Crippen LogP contribution in [0.2, 0.25) is 0 Å². The molecule has 0 bridgehead atoms. The maximum absolute atomic E-state index is 13.3. The molecule has 0 aliphatic rings. The highest BCUT2D eigenvalue weighted by Crippen LogP contribution is 2.35. The summed E-state index contributed by atoms with van der Waals surface area (Å²) >= 11 is 1.37. The number of nitrogens with one attached hydrogen (secondary N) is 1. The number of thioether (sulfide) groups is 1. The van der Waals surface area contributed by atoms with Crippen LogP contribution in [0.1, 0.15) is 43.0 Å². The fourth-order valence-corrected chi connectivity index (χ4v) is 5.70. The summed E-state index contributed by atoms with van der Waals surface area (Å²) in [6, 6.07) is 13.7. The van der Waals surface area contributed by atoms with E-state index in [0.717, 1.165) is 28.9 Å². The van der Waals surface area contributed by atoms with Crippen LogP contribution in [0.3, 0.4) is 0 Å². The Morgan fingerprint density at radius 3 is 2.37 bits per heavy atom. The Morgan fingerprint density at radius 1 is 1.00 bits per heavy atom. The molecule has 2 aromatic carbocycles. The average Bonchev–Trinajstić information content (AvgIpc) is 3.56. The highest BCUT2D eigenvalue weighted by atomic mass is 32.2. The molecule has 1 amide bonds. The Kier molecular flexibility index (Phi) is 8.44. The monoisotopic (exact) mass is 573 g/mol. The average molecular weight is 574 g/mol. The number of nitrogens with zero attached hydrogens (tertiary/aromatic N) is 6. The number of ether oxygens (including phenoxy) is 2. The summed E-state index contributed by atoms with van der Waals surface area (Å²) in [5.74, 6) is 1.72. The molecule has 3 heterocycles. The fourth-order valence-electron chi connectivity index (χ4n) is 4.74. The molecule has 1 atom stereocenters. The van der Waals surface area contributed by atoms with Crippen molar-refractivity contribution >= 4 is 39.9 Å². The van der Waals surface area contributed by atoms with E-state index in [1.807, 2.05) is 61.9 Å². The van der Waals surface area contributed by atoms with Crippen molar-refractivity contribution in [3.05, 3.63) is 65.2 Å². The van der Waals surface area contributed by atoms with Crippen molar-refractivity contribution < 1.29 is 14.3 Å². The minimum Gasteiger partial charge on any atom is -0.493 e. The number of aromatic nitrogens is 6. The highest BCUT2D eigenvalue weighted by molar-refractivity contribution is 8.00. The van der Waals surface area contributed by atoms with Gasteiger partial charge in [0.2, 0.25) is 5.91 Å². The van der Waals surface area contributed by atoms with Crippen molar-refractivity contribution in [2.75, 3.05) is 19.5 Å². The third-order valence-electron chi connectivity index (χ3n) is 6.98. The van der Waals surface area contributed by atoms with E-state index in [2.05, 4.69) is 23.4 Å². The van der Waals surface area contributed by atoms with Gasteiger partial charge in [-0.25, -0.2) is 9.97 Å². The summed E-state index contributed by atoms with van der Waals surface area (Å²) in [7, 11) is 3.19. The van der Waals surface area contributed by atoms with E-state index in [0.29, 0.717) is 53.0 Å². The van der Waals surface area contributed by atoms with Crippen LogP contribution in [-0.2, 0) is 24.2 Å². The van der Waals surface area contributed by atoms with Crippen molar-refractivity contribution in [1.82, 2.24) is 29.4 Å². The molecule has 0 aliphatic carbocycles. The standard InChI is InChI=1S/C30H35N7O3S/c1-7-20-9-11-21(12-10-20)31-29(38)26(8-2)41-30-32-23-17-25(40-6)24(39-5)16-22(23)28-33-27(35-37(28)30)13-14-36-19(4)15-18(3)34-36/h9-12,15-17,26H,7-8,13-14H2,1-6H3,(H,31,38)/t26-/m0/s1. The molecular weight excluding hydrogens is 538 g/mol. The molecule has 0 radical (unpaired) electrons. The molecule has 1 N–H and O–H groups in total. The van der Waals surface area contributed by atoms with Gasteiger partial charge in [0.15, 0.2) is 28.1 Å². The maximum atomic E-state index is 13.3. The summed E-state index contributed by atoms with van der Waals surface area (Å²) in [5, 5.41) is 13.4. The molecule has 214 valence electrons. The number of aryl methyl sites for hydroxylation is 5. The Bertz CT molecular complexity index is 1690. The predicted molar refractivity (Wildman–Crippen MR) is 161 cm³/mol. The molecule has 0 aliphatic heterocycles. The number of amides is 1. The second kappa shape index (κ2) is 12.2.